The highest BCUT2D eigenvalue weighted by atomic mass is 16.5. The SMILES string of the molecule is COc1c(CNCC2CCCC2C(=O)O)c(C)nn1C. The molecule has 0 amide bonds. The topological polar surface area (TPSA) is 76.4 Å². The fraction of sp³-hybridized carbons (Fsp3) is 0.714. The molecule has 0 aromatic carbocycles. The molecule has 0 aliphatic heterocycles. The van der Waals surface area contributed by atoms with E-state index in [4.69, 9.17) is 9.84 Å². The number of aryl methyl sites for hydroxylation is 2. The molecule has 1 aliphatic carbocycles. The van der Waals surface area contributed by atoms with Crippen molar-refractivity contribution in [2.24, 2.45) is 18.9 Å². The minimum Gasteiger partial charge on any atom is -0.481 e. The summed E-state index contributed by atoms with van der Waals surface area (Å²) in [6, 6.07) is 0. The molecule has 0 radical (unpaired) electrons. The van der Waals surface area contributed by atoms with Crippen molar-refractivity contribution in [2.45, 2.75) is 32.7 Å². The lowest BCUT2D eigenvalue weighted by atomic mass is 9.96. The Kier molecular flexibility index (Phi) is 4.65. The fourth-order valence-electron chi connectivity index (χ4n) is 3.13. The molecular weight excluding hydrogens is 258 g/mol. The van der Waals surface area contributed by atoms with Gasteiger partial charge in [-0.05, 0) is 32.2 Å². The van der Waals surface area contributed by atoms with Gasteiger partial charge in [-0.1, -0.05) is 6.42 Å². The quantitative estimate of drug-likeness (QED) is 0.822. The van der Waals surface area contributed by atoms with Gasteiger partial charge in [-0.25, -0.2) is 4.68 Å². The molecule has 2 N–H and O–H groups in total. The maximum absolute atomic E-state index is 11.1. The zero-order chi connectivity index (χ0) is 14.7. The third-order valence-electron chi connectivity index (χ3n) is 4.17. The molecule has 1 aromatic heterocycles. The van der Waals surface area contributed by atoms with Crippen molar-refractivity contribution in [3.8, 4) is 5.88 Å². The number of carbonyl (C=O) groups is 1. The Morgan fingerprint density at radius 3 is 2.95 bits per heavy atom. The molecule has 6 heteroatoms. The van der Waals surface area contributed by atoms with Crippen molar-refractivity contribution in [1.82, 2.24) is 15.1 Å². The number of rotatable bonds is 6. The Labute approximate surface area is 119 Å². The predicted octanol–water partition coefficient (Wildman–Crippen LogP) is 1.33. The first-order valence-corrected chi connectivity index (χ1v) is 7.04. The first kappa shape index (κ1) is 14.8. The van der Waals surface area contributed by atoms with Crippen molar-refractivity contribution in [3.05, 3.63) is 11.3 Å². The minimum atomic E-state index is -0.663. The van der Waals surface area contributed by atoms with E-state index in [9.17, 15) is 4.79 Å². The van der Waals surface area contributed by atoms with E-state index in [-0.39, 0.29) is 11.8 Å². The van der Waals surface area contributed by atoms with Gasteiger partial charge in [0.15, 0.2) is 0 Å². The monoisotopic (exact) mass is 281 g/mol. The van der Waals surface area contributed by atoms with Crippen LogP contribution in [0.1, 0.15) is 30.5 Å². The third-order valence-corrected chi connectivity index (χ3v) is 4.17. The van der Waals surface area contributed by atoms with Crippen LogP contribution in [0.3, 0.4) is 0 Å². The number of nitrogens with zero attached hydrogens (tertiary/aromatic N) is 2. The summed E-state index contributed by atoms with van der Waals surface area (Å²) in [4.78, 5) is 11.1. The lowest BCUT2D eigenvalue weighted by molar-refractivity contribution is -0.142. The molecule has 0 spiro atoms. The number of aliphatic carboxylic acids is 1. The van der Waals surface area contributed by atoms with Gasteiger partial charge in [-0.3, -0.25) is 4.79 Å². The van der Waals surface area contributed by atoms with Gasteiger partial charge in [0.2, 0.25) is 5.88 Å². The number of carboxylic acids is 1. The van der Waals surface area contributed by atoms with Crippen molar-refractivity contribution < 1.29 is 14.6 Å². The second-order valence-electron chi connectivity index (χ2n) is 5.46. The Hall–Kier alpha value is -1.56. The van der Waals surface area contributed by atoms with Crippen molar-refractivity contribution >= 4 is 5.97 Å². The van der Waals surface area contributed by atoms with Gasteiger partial charge in [0.1, 0.15) is 0 Å². The highest BCUT2D eigenvalue weighted by molar-refractivity contribution is 5.70. The predicted molar refractivity (Wildman–Crippen MR) is 74.7 cm³/mol. The Balaban J connectivity index is 1.92. The van der Waals surface area contributed by atoms with Gasteiger partial charge in [0.25, 0.3) is 0 Å². The summed E-state index contributed by atoms with van der Waals surface area (Å²) in [6.45, 7) is 3.34. The van der Waals surface area contributed by atoms with Gasteiger partial charge in [-0.2, -0.15) is 5.10 Å². The summed E-state index contributed by atoms with van der Waals surface area (Å²) in [7, 11) is 3.49. The van der Waals surface area contributed by atoms with Crippen LogP contribution in [0, 0.1) is 18.8 Å². The smallest absolute Gasteiger partial charge is 0.306 e. The molecule has 20 heavy (non-hydrogen) atoms. The van der Waals surface area contributed by atoms with Crippen LogP contribution in [0.4, 0.5) is 0 Å². The van der Waals surface area contributed by atoms with Crippen molar-refractivity contribution in [3.63, 3.8) is 0 Å². The average molecular weight is 281 g/mol. The van der Waals surface area contributed by atoms with Crippen LogP contribution in [-0.2, 0) is 18.4 Å². The molecule has 112 valence electrons. The first-order chi connectivity index (χ1) is 9.54. The fourth-order valence-corrected chi connectivity index (χ4v) is 3.13. The minimum absolute atomic E-state index is 0.195. The summed E-state index contributed by atoms with van der Waals surface area (Å²) >= 11 is 0. The van der Waals surface area contributed by atoms with Crippen LogP contribution in [0.2, 0.25) is 0 Å². The summed E-state index contributed by atoms with van der Waals surface area (Å²) in [5.41, 5.74) is 1.98. The molecule has 2 unspecified atom stereocenters. The van der Waals surface area contributed by atoms with E-state index >= 15 is 0 Å². The van der Waals surface area contributed by atoms with Gasteiger partial charge in [0, 0.05) is 13.6 Å². The van der Waals surface area contributed by atoms with E-state index in [1.54, 1.807) is 11.8 Å². The molecule has 1 aliphatic rings. The zero-order valence-electron chi connectivity index (χ0n) is 12.3. The normalized spacial score (nSPS) is 22.1. The summed E-state index contributed by atoms with van der Waals surface area (Å²) in [6.07, 6.45) is 2.81. The molecular formula is C14H23N3O3. The summed E-state index contributed by atoms with van der Waals surface area (Å²) in [5.74, 6) is 0.135. The van der Waals surface area contributed by atoms with Crippen LogP contribution in [0.15, 0.2) is 0 Å². The lowest BCUT2D eigenvalue weighted by Crippen LogP contribution is -2.28. The largest absolute Gasteiger partial charge is 0.481 e. The first-order valence-electron chi connectivity index (χ1n) is 7.04. The summed E-state index contributed by atoms with van der Waals surface area (Å²) < 4.78 is 7.07. The molecule has 0 bridgehead atoms. The van der Waals surface area contributed by atoms with E-state index < -0.39 is 5.97 Å². The zero-order valence-corrected chi connectivity index (χ0v) is 12.3. The molecule has 2 atom stereocenters. The summed E-state index contributed by atoms with van der Waals surface area (Å²) in [5, 5.41) is 16.9. The van der Waals surface area contributed by atoms with E-state index in [2.05, 4.69) is 10.4 Å². The second-order valence-corrected chi connectivity index (χ2v) is 5.46. The van der Waals surface area contributed by atoms with Gasteiger partial charge < -0.3 is 15.2 Å². The Bertz CT molecular complexity index is 484. The Morgan fingerprint density at radius 2 is 2.30 bits per heavy atom. The Morgan fingerprint density at radius 1 is 1.55 bits per heavy atom. The number of hydrogen-bond donors (Lipinski definition) is 2. The standard InChI is InChI=1S/C14H23N3O3/c1-9-12(13(20-3)17(2)16-9)8-15-7-10-5-4-6-11(10)14(18)19/h10-11,15H,4-8H2,1-3H3,(H,18,19). The van der Waals surface area contributed by atoms with Gasteiger partial charge in [0.05, 0.1) is 24.3 Å². The van der Waals surface area contributed by atoms with Crippen molar-refractivity contribution in [2.75, 3.05) is 13.7 Å². The number of aromatic nitrogens is 2. The second kappa shape index (κ2) is 6.26. The molecule has 2 rings (SSSR count). The van der Waals surface area contributed by atoms with E-state index in [1.807, 2.05) is 14.0 Å². The molecule has 1 saturated carbocycles. The molecule has 1 fully saturated rings. The molecule has 6 nitrogen and oxygen atoms in total. The van der Waals surface area contributed by atoms with Gasteiger partial charge in [-0.15, -0.1) is 0 Å². The average Bonchev–Trinajstić information content (AvgIpc) is 2.95. The maximum Gasteiger partial charge on any atom is 0.306 e. The van der Waals surface area contributed by atoms with Crippen LogP contribution in [0.25, 0.3) is 0 Å². The van der Waals surface area contributed by atoms with E-state index in [0.717, 1.165) is 42.9 Å². The highest BCUT2D eigenvalue weighted by Gasteiger charge is 2.32. The highest BCUT2D eigenvalue weighted by Crippen LogP contribution is 2.31. The number of methoxy groups -OCH3 is 1. The van der Waals surface area contributed by atoms with Crippen LogP contribution < -0.4 is 10.1 Å². The number of carboxylic acid groups (broad SMARTS) is 1. The van der Waals surface area contributed by atoms with E-state index in [1.165, 1.54) is 0 Å². The molecule has 0 saturated heterocycles. The van der Waals surface area contributed by atoms with Crippen LogP contribution in [-0.4, -0.2) is 34.5 Å². The van der Waals surface area contributed by atoms with Crippen LogP contribution in [0.5, 0.6) is 5.88 Å². The molecule has 1 aromatic rings. The number of hydrogen-bond acceptors (Lipinski definition) is 4. The van der Waals surface area contributed by atoms with Gasteiger partial charge >= 0.3 is 5.97 Å². The maximum atomic E-state index is 11.1. The van der Waals surface area contributed by atoms with Crippen molar-refractivity contribution in [1.29, 1.82) is 0 Å². The number of nitrogens with one attached hydrogen (secondary N) is 1. The lowest BCUT2D eigenvalue weighted by Gasteiger charge is -2.16. The van der Waals surface area contributed by atoms with Crippen LogP contribution >= 0.6 is 0 Å². The number of ether oxygens (including phenoxy) is 1. The molecule has 1 heterocycles. The van der Waals surface area contributed by atoms with E-state index in [0.29, 0.717) is 6.54 Å². The third kappa shape index (κ3) is 2.95.